The lowest BCUT2D eigenvalue weighted by Gasteiger charge is -2.30. The molecule has 2 rings (SSSR count). The molecule has 0 saturated carbocycles. The van der Waals surface area contributed by atoms with Crippen molar-refractivity contribution in [2.24, 2.45) is 0 Å². The maximum atomic E-state index is 13.3. The Kier molecular flexibility index (Phi) is 20.1. The summed E-state index contributed by atoms with van der Waals surface area (Å²) in [4.78, 5) is 74.9. The molecule has 2 aromatic carbocycles. The second-order valence-electron chi connectivity index (χ2n) is 13.4. The summed E-state index contributed by atoms with van der Waals surface area (Å²) in [6.45, 7) is -2.29. The third-order valence-electron chi connectivity index (χ3n) is 7.29. The zero-order valence-corrected chi connectivity index (χ0v) is 32.9. The van der Waals surface area contributed by atoms with Gasteiger partial charge in [0.1, 0.15) is 57.5 Å². The average Bonchev–Trinajstić information content (AvgIpc) is 3.11. The number of quaternary nitrogens is 1. The molecule has 312 valence electrons. The van der Waals surface area contributed by atoms with Crippen LogP contribution in [0.1, 0.15) is 39.0 Å². The minimum Gasteiger partial charge on any atom is -0.756 e. The highest BCUT2D eigenvalue weighted by Crippen LogP contribution is 2.39. The molecule has 0 amide bonds. The van der Waals surface area contributed by atoms with Crippen LogP contribution in [0.3, 0.4) is 0 Å². The van der Waals surface area contributed by atoms with E-state index in [0.717, 1.165) is 29.1 Å². The van der Waals surface area contributed by atoms with Gasteiger partial charge in [-0.25, -0.2) is 0 Å². The van der Waals surface area contributed by atoms with E-state index in [1.54, 1.807) is 45.4 Å². The Hall–Kier alpha value is -4.94. The summed E-state index contributed by atoms with van der Waals surface area (Å²) < 4.78 is 44.8. The average molecular weight is 814 g/mol. The SMILES string of the molecule is CCCCCCC(=O)OCC(COP(=O)([O-])OC[N+](C)(C)C)OC(=O)CN(CC(=O)O)c1ccccc1OCCOc1ccccc1N(CC(=O)O)CC(=O)O. The van der Waals surface area contributed by atoms with Crippen LogP contribution in [-0.2, 0) is 47.1 Å². The number of unbranched alkanes of at least 4 members (excludes halogenated alkanes) is 3. The van der Waals surface area contributed by atoms with Gasteiger partial charge < -0.3 is 58.0 Å². The maximum Gasteiger partial charge on any atom is 0.326 e. The van der Waals surface area contributed by atoms with Crippen molar-refractivity contribution < 1.29 is 81.2 Å². The molecule has 0 aliphatic carbocycles. The number of nitrogens with zero attached hydrogens (tertiary/aromatic N) is 3. The predicted molar refractivity (Wildman–Crippen MR) is 198 cm³/mol. The van der Waals surface area contributed by atoms with Gasteiger partial charge in [0.2, 0.25) is 0 Å². The van der Waals surface area contributed by atoms with Crippen LogP contribution in [0.15, 0.2) is 48.5 Å². The molecule has 20 heteroatoms. The summed E-state index contributed by atoms with van der Waals surface area (Å²) in [5, 5.41) is 28.2. The van der Waals surface area contributed by atoms with E-state index in [2.05, 4.69) is 0 Å². The van der Waals surface area contributed by atoms with Crippen LogP contribution in [0, 0.1) is 0 Å². The number of hydrogen-bond acceptors (Lipinski definition) is 15. The minimum absolute atomic E-state index is 0.1000. The van der Waals surface area contributed by atoms with Crippen molar-refractivity contribution in [1.82, 2.24) is 0 Å². The number of hydrogen-bond donors (Lipinski definition) is 3. The lowest BCUT2D eigenvalue weighted by Crippen LogP contribution is -2.39. The van der Waals surface area contributed by atoms with Crippen LogP contribution < -0.4 is 24.2 Å². The van der Waals surface area contributed by atoms with Crippen molar-refractivity contribution in [3.63, 3.8) is 0 Å². The topological polar surface area (TPSA) is 248 Å². The summed E-state index contributed by atoms with van der Waals surface area (Å²) in [6, 6.07) is 12.4. The molecular weight excluding hydrogens is 761 g/mol. The second-order valence-corrected chi connectivity index (χ2v) is 14.8. The highest BCUT2D eigenvalue weighted by atomic mass is 31.2. The number of anilines is 2. The molecule has 0 aromatic heterocycles. The van der Waals surface area contributed by atoms with Gasteiger partial charge in [-0.15, -0.1) is 0 Å². The standard InChI is InChI=1S/C36H52N3O16P/c1-5-6-7-8-17-35(46)52-24-27(25-53-56(48,49)54-26-39(2,3)4)55-36(47)23-38(22-34(44)45)29-14-10-12-16-31(29)51-19-18-50-30-15-11-9-13-28(30)37(20-32(40)41)21-33(42)43/h9-16,27H,5-8,17-26H2,1-4H3,(H3-,40,41,42,43,44,45,48,49). The van der Waals surface area contributed by atoms with Gasteiger partial charge in [-0.05, 0) is 30.7 Å². The van der Waals surface area contributed by atoms with E-state index in [4.69, 9.17) is 28.0 Å². The summed E-state index contributed by atoms with van der Waals surface area (Å²) >= 11 is 0. The molecular formula is C36H52N3O16P. The Morgan fingerprint density at radius 3 is 1.70 bits per heavy atom. The number of para-hydroxylation sites is 4. The predicted octanol–water partition coefficient (Wildman–Crippen LogP) is 2.60. The molecule has 0 radical (unpaired) electrons. The molecule has 3 N–H and O–H groups in total. The van der Waals surface area contributed by atoms with Crippen molar-refractivity contribution >= 4 is 49.0 Å². The zero-order chi connectivity index (χ0) is 41.7. The maximum absolute atomic E-state index is 13.3. The number of esters is 2. The molecule has 0 saturated heterocycles. The number of ether oxygens (including phenoxy) is 4. The Labute approximate surface area is 325 Å². The van der Waals surface area contributed by atoms with Crippen molar-refractivity contribution in [1.29, 1.82) is 0 Å². The summed E-state index contributed by atoms with van der Waals surface area (Å²) in [7, 11) is 0.197. The third kappa shape index (κ3) is 19.6. The molecule has 2 atom stereocenters. The summed E-state index contributed by atoms with van der Waals surface area (Å²) in [5.74, 6) is -5.05. The quantitative estimate of drug-likeness (QED) is 0.0351. The van der Waals surface area contributed by atoms with E-state index < -0.39 is 83.2 Å². The van der Waals surface area contributed by atoms with Crippen molar-refractivity contribution in [2.75, 3.05) is 90.3 Å². The molecule has 2 unspecified atom stereocenters. The number of carbonyl (C=O) groups is 5. The van der Waals surface area contributed by atoms with Gasteiger partial charge in [0, 0.05) is 6.42 Å². The van der Waals surface area contributed by atoms with Crippen LogP contribution in [0.5, 0.6) is 11.5 Å². The van der Waals surface area contributed by atoms with Crippen LogP contribution >= 0.6 is 7.82 Å². The lowest BCUT2D eigenvalue weighted by molar-refractivity contribution is -0.887. The Morgan fingerprint density at radius 2 is 1.21 bits per heavy atom. The number of benzene rings is 2. The number of carbonyl (C=O) groups excluding carboxylic acids is 2. The normalized spacial score (nSPS) is 12.8. The highest BCUT2D eigenvalue weighted by Gasteiger charge is 2.26. The third-order valence-corrected chi connectivity index (χ3v) is 8.19. The molecule has 0 aliphatic rings. The van der Waals surface area contributed by atoms with Crippen LogP contribution in [0.4, 0.5) is 11.4 Å². The first-order valence-corrected chi connectivity index (χ1v) is 19.2. The van der Waals surface area contributed by atoms with Crippen molar-refractivity contribution in [3.8, 4) is 11.5 Å². The number of carboxylic acids is 3. The molecule has 0 aliphatic heterocycles. The Balaban J connectivity index is 2.17. The summed E-state index contributed by atoms with van der Waals surface area (Å²) in [6.07, 6.45) is 1.97. The second kappa shape index (κ2) is 23.9. The van der Waals surface area contributed by atoms with Crippen LogP contribution in [0.2, 0.25) is 0 Å². The van der Waals surface area contributed by atoms with Gasteiger partial charge in [0.15, 0.2) is 12.8 Å². The number of aliphatic carboxylic acids is 3. The van der Waals surface area contributed by atoms with Crippen molar-refractivity contribution in [2.45, 2.75) is 45.1 Å². The van der Waals surface area contributed by atoms with Gasteiger partial charge >= 0.3 is 29.8 Å². The van der Waals surface area contributed by atoms with Gasteiger partial charge in [-0.2, -0.15) is 0 Å². The molecule has 0 heterocycles. The molecule has 2 aromatic rings. The molecule has 0 bridgehead atoms. The fourth-order valence-corrected chi connectivity index (χ4v) is 5.74. The summed E-state index contributed by atoms with van der Waals surface area (Å²) in [5.41, 5.74) is 0.398. The number of phosphoric acid groups is 1. The Morgan fingerprint density at radius 1 is 0.714 bits per heavy atom. The van der Waals surface area contributed by atoms with E-state index in [9.17, 15) is 48.8 Å². The van der Waals surface area contributed by atoms with Crippen molar-refractivity contribution in [3.05, 3.63) is 48.5 Å². The lowest BCUT2D eigenvalue weighted by atomic mass is 10.2. The van der Waals surface area contributed by atoms with Crippen LogP contribution in [-0.4, -0.2) is 136 Å². The van der Waals surface area contributed by atoms with E-state index in [0.29, 0.717) is 6.42 Å². The molecule has 56 heavy (non-hydrogen) atoms. The fraction of sp³-hybridized carbons (Fsp3) is 0.528. The van der Waals surface area contributed by atoms with Gasteiger partial charge in [0.25, 0.3) is 7.82 Å². The van der Waals surface area contributed by atoms with E-state index in [-0.39, 0.29) is 53.7 Å². The van der Waals surface area contributed by atoms with Gasteiger partial charge in [-0.1, -0.05) is 50.5 Å². The van der Waals surface area contributed by atoms with E-state index in [1.807, 2.05) is 6.92 Å². The highest BCUT2D eigenvalue weighted by molar-refractivity contribution is 7.45. The minimum atomic E-state index is -4.87. The zero-order valence-electron chi connectivity index (χ0n) is 32.0. The van der Waals surface area contributed by atoms with Gasteiger partial charge in [0.05, 0.1) is 39.1 Å². The number of carboxylic acid groups (broad SMARTS) is 3. The molecule has 19 nitrogen and oxygen atoms in total. The number of phosphoric ester groups is 1. The first-order valence-electron chi connectivity index (χ1n) is 17.7. The monoisotopic (exact) mass is 813 g/mol. The first-order chi connectivity index (χ1) is 26.4. The van der Waals surface area contributed by atoms with E-state index in [1.165, 1.54) is 24.3 Å². The Bertz CT molecular complexity index is 1620. The number of rotatable bonds is 29. The fourth-order valence-electron chi connectivity index (χ4n) is 4.83. The van der Waals surface area contributed by atoms with E-state index >= 15 is 0 Å². The molecule has 0 spiro atoms. The van der Waals surface area contributed by atoms with Crippen LogP contribution in [0.25, 0.3) is 0 Å². The first kappa shape index (κ1) is 47.2. The largest absolute Gasteiger partial charge is 0.756 e. The molecule has 0 fully saturated rings. The van der Waals surface area contributed by atoms with Gasteiger partial charge in [-0.3, -0.25) is 33.1 Å². The smallest absolute Gasteiger partial charge is 0.326 e.